The zero-order chi connectivity index (χ0) is 10.6. The molecule has 1 aromatic rings. The van der Waals surface area contributed by atoms with Crippen molar-refractivity contribution < 1.29 is 0 Å². The number of hydrogen-bond donors (Lipinski definition) is 0. The quantitative estimate of drug-likeness (QED) is 0.564. The molecule has 0 heterocycles. The van der Waals surface area contributed by atoms with Crippen molar-refractivity contribution in [2.45, 2.75) is 23.5 Å². The lowest BCUT2D eigenvalue weighted by Gasteiger charge is -2.23. The van der Waals surface area contributed by atoms with Crippen molar-refractivity contribution in [3.63, 3.8) is 0 Å². The van der Waals surface area contributed by atoms with E-state index in [1.54, 1.807) is 23.5 Å². The van der Waals surface area contributed by atoms with E-state index >= 15 is 0 Å². The molecule has 0 aliphatic heterocycles. The highest BCUT2D eigenvalue weighted by Crippen LogP contribution is 2.36. The van der Waals surface area contributed by atoms with E-state index in [1.807, 2.05) is 0 Å². The van der Waals surface area contributed by atoms with Crippen molar-refractivity contribution in [1.29, 1.82) is 0 Å². The van der Waals surface area contributed by atoms with Gasteiger partial charge < -0.3 is 0 Å². The lowest BCUT2D eigenvalue weighted by molar-refractivity contribution is 0.783. The average molecular weight is 247 g/mol. The first-order chi connectivity index (χ1) is 6.60. The fraction of sp³-hybridized carbons (Fsp3) is 0.455. The van der Waals surface area contributed by atoms with Crippen LogP contribution in [0.4, 0.5) is 0 Å². The van der Waals surface area contributed by atoms with Crippen LogP contribution >= 0.6 is 35.1 Å². The molecule has 0 nitrogen and oxygen atoms in total. The molecule has 14 heavy (non-hydrogen) atoms. The van der Waals surface area contributed by atoms with Crippen molar-refractivity contribution in [2.75, 3.05) is 11.5 Å². The Morgan fingerprint density at radius 2 is 1.79 bits per heavy atom. The predicted molar refractivity (Wildman–Crippen MR) is 69.6 cm³/mol. The van der Waals surface area contributed by atoms with Gasteiger partial charge in [-0.1, -0.05) is 12.1 Å². The third kappa shape index (κ3) is 3.11. The van der Waals surface area contributed by atoms with Gasteiger partial charge in [-0.2, -0.15) is 0 Å². The van der Waals surface area contributed by atoms with Crippen molar-refractivity contribution in [3.8, 4) is 0 Å². The van der Waals surface area contributed by atoms with Crippen molar-refractivity contribution in [1.82, 2.24) is 0 Å². The molecule has 0 N–H and O–H groups in total. The molecule has 0 amide bonds. The molecule has 1 aromatic carbocycles. The molecular formula is C11H15ClS2. The van der Waals surface area contributed by atoms with E-state index in [0.29, 0.717) is 5.21 Å². The van der Waals surface area contributed by atoms with Gasteiger partial charge in [-0.25, -0.2) is 0 Å². The second kappa shape index (κ2) is 5.34. The van der Waals surface area contributed by atoms with Gasteiger partial charge >= 0.3 is 0 Å². The minimum atomic E-state index is 0.110. The number of alkyl halides is 1. The Morgan fingerprint density at radius 1 is 1.21 bits per heavy atom. The number of thioether (sulfide) groups is 2. The summed E-state index contributed by atoms with van der Waals surface area (Å²) in [5.41, 5.74) is 1.33. The monoisotopic (exact) mass is 246 g/mol. The zero-order valence-corrected chi connectivity index (χ0v) is 11.1. The van der Waals surface area contributed by atoms with Crippen molar-refractivity contribution >= 4 is 35.1 Å². The lowest BCUT2D eigenvalue weighted by Crippen LogP contribution is -2.11. The van der Waals surface area contributed by atoms with Crippen LogP contribution in [0.25, 0.3) is 0 Å². The molecule has 0 aromatic heterocycles. The number of halogens is 1. The number of hydrogen-bond acceptors (Lipinski definition) is 2. The van der Waals surface area contributed by atoms with Gasteiger partial charge in [0.1, 0.15) is 0 Å². The Morgan fingerprint density at radius 3 is 2.21 bits per heavy atom. The van der Waals surface area contributed by atoms with Gasteiger partial charge in [0, 0.05) is 9.64 Å². The van der Waals surface area contributed by atoms with E-state index in [1.165, 1.54) is 10.5 Å². The largest absolute Gasteiger partial charge is 0.135 e. The SMILES string of the molecule is CSc1ccc(C(C)(C)SCCl)cc1. The smallest absolute Gasteiger partial charge is 0.0689 e. The van der Waals surface area contributed by atoms with E-state index in [9.17, 15) is 0 Å². The Hall–Kier alpha value is 0.210. The van der Waals surface area contributed by atoms with Gasteiger partial charge in [-0.3, -0.25) is 0 Å². The summed E-state index contributed by atoms with van der Waals surface area (Å²) in [4.78, 5) is 1.31. The van der Waals surface area contributed by atoms with Gasteiger partial charge in [0.2, 0.25) is 0 Å². The summed E-state index contributed by atoms with van der Waals surface area (Å²) in [6, 6.07) is 8.70. The van der Waals surface area contributed by atoms with Gasteiger partial charge in [-0.15, -0.1) is 35.1 Å². The van der Waals surface area contributed by atoms with Crippen molar-refractivity contribution in [2.24, 2.45) is 0 Å². The fourth-order valence-electron chi connectivity index (χ4n) is 1.21. The highest BCUT2D eigenvalue weighted by atomic mass is 35.5. The highest BCUT2D eigenvalue weighted by molar-refractivity contribution is 8.01. The van der Waals surface area contributed by atoms with Crippen LogP contribution in [0.15, 0.2) is 29.2 Å². The standard InChI is InChI=1S/C11H15ClS2/c1-11(2,14-8-12)9-4-6-10(13-3)7-5-9/h4-7H,8H2,1-3H3. The van der Waals surface area contributed by atoms with Gasteiger partial charge in [0.25, 0.3) is 0 Å². The van der Waals surface area contributed by atoms with Crippen molar-refractivity contribution in [3.05, 3.63) is 29.8 Å². The molecule has 78 valence electrons. The van der Waals surface area contributed by atoms with Crippen LogP contribution in [0.2, 0.25) is 0 Å². The van der Waals surface area contributed by atoms with E-state index in [4.69, 9.17) is 11.6 Å². The molecule has 0 saturated heterocycles. The lowest BCUT2D eigenvalue weighted by atomic mass is 10.0. The number of benzene rings is 1. The summed E-state index contributed by atoms with van der Waals surface area (Å²) in [5.74, 6) is 0. The van der Waals surface area contributed by atoms with Gasteiger partial charge in [0.05, 0.1) is 5.21 Å². The first kappa shape index (κ1) is 12.3. The van der Waals surface area contributed by atoms with Crippen LogP contribution in [-0.4, -0.2) is 11.5 Å². The zero-order valence-electron chi connectivity index (χ0n) is 8.71. The summed E-state index contributed by atoms with van der Waals surface area (Å²) < 4.78 is 0.110. The minimum absolute atomic E-state index is 0.110. The Bertz CT molecular complexity index is 280. The first-order valence-corrected chi connectivity index (χ1v) is 7.19. The van der Waals surface area contributed by atoms with Gasteiger partial charge in [-0.05, 0) is 37.8 Å². The molecule has 0 atom stereocenters. The van der Waals surface area contributed by atoms with E-state index in [0.717, 1.165) is 0 Å². The third-order valence-electron chi connectivity index (χ3n) is 2.20. The molecule has 0 spiro atoms. The molecule has 0 saturated carbocycles. The Kier molecular flexibility index (Phi) is 4.68. The van der Waals surface area contributed by atoms with Crippen LogP contribution in [0.1, 0.15) is 19.4 Å². The summed E-state index contributed by atoms with van der Waals surface area (Å²) >= 11 is 9.28. The normalized spacial score (nSPS) is 11.7. The van der Waals surface area contributed by atoms with Crippen LogP contribution in [0.5, 0.6) is 0 Å². The summed E-state index contributed by atoms with van der Waals surface area (Å²) in [5, 5.41) is 0.636. The molecule has 1 rings (SSSR count). The maximum Gasteiger partial charge on any atom is 0.0689 e. The van der Waals surface area contributed by atoms with E-state index in [2.05, 4.69) is 44.4 Å². The van der Waals surface area contributed by atoms with E-state index < -0.39 is 0 Å². The van der Waals surface area contributed by atoms with Crippen LogP contribution in [0, 0.1) is 0 Å². The molecule has 3 heteroatoms. The van der Waals surface area contributed by atoms with Crippen LogP contribution in [-0.2, 0) is 4.75 Å². The van der Waals surface area contributed by atoms with Crippen LogP contribution < -0.4 is 0 Å². The molecular weight excluding hydrogens is 232 g/mol. The van der Waals surface area contributed by atoms with E-state index in [-0.39, 0.29) is 4.75 Å². The summed E-state index contributed by atoms with van der Waals surface area (Å²) in [7, 11) is 0. The maximum atomic E-state index is 5.75. The Labute approximate surface area is 99.8 Å². The fourth-order valence-corrected chi connectivity index (χ4v) is 3.01. The topological polar surface area (TPSA) is 0 Å². The third-order valence-corrected chi connectivity index (χ3v) is 4.34. The minimum Gasteiger partial charge on any atom is -0.135 e. The first-order valence-electron chi connectivity index (χ1n) is 4.44. The highest BCUT2D eigenvalue weighted by Gasteiger charge is 2.19. The molecule has 0 bridgehead atoms. The Balaban J connectivity index is 2.85. The molecule has 0 aliphatic carbocycles. The maximum absolute atomic E-state index is 5.75. The van der Waals surface area contributed by atoms with Crippen LogP contribution in [0.3, 0.4) is 0 Å². The number of rotatable bonds is 4. The average Bonchev–Trinajstić information content (AvgIpc) is 2.18. The molecule has 0 radical (unpaired) electrons. The van der Waals surface area contributed by atoms with Gasteiger partial charge in [0.15, 0.2) is 0 Å². The molecule has 0 aliphatic rings. The predicted octanol–water partition coefficient (Wildman–Crippen LogP) is 4.57. The summed E-state index contributed by atoms with van der Waals surface area (Å²) in [6.45, 7) is 4.41. The molecule has 0 unspecified atom stereocenters. The second-order valence-electron chi connectivity index (χ2n) is 3.49. The second-order valence-corrected chi connectivity index (χ2v) is 6.55. The summed E-state index contributed by atoms with van der Waals surface area (Å²) in [6.07, 6.45) is 2.09. The molecule has 0 fully saturated rings.